The molecule has 0 amide bonds. The number of fused-ring (bicyclic) bond motifs is 1. The van der Waals surface area contributed by atoms with Crippen molar-refractivity contribution in [2.24, 2.45) is 0 Å². The van der Waals surface area contributed by atoms with Crippen molar-refractivity contribution in [3.05, 3.63) is 24.0 Å². The van der Waals surface area contributed by atoms with Crippen molar-refractivity contribution in [2.75, 3.05) is 32.5 Å². The van der Waals surface area contributed by atoms with Gasteiger partial charge in [-0.15, -0.1) is 10.2 Å². The highest BCUT2D eigenvalue weighted by molar-refractivity contribution is 5.50. The van der Waals surface area contributed by atoms with Crippen molar-refractivity contribution in [2.45, 2.75) is 19.8 Å². The van der Waals surface area contributed by atoms with E-state index in [0.29, 0.717) is 5.92 Å². The minimum atomic E-state index is 0.358. The number of nitrogens with zero attached hydrogens (tertiary/aromatic N) is 4. The Kier molecular flexibility index (Phi) is 3.81. The minimum absolute atomic E-state index is 0.358. The topological polar surface area (TPSA) is 45.5 Å². The molecule has 98 valence electrons. The van der Waals surface area contributed by atoms with Crippen LogP contribution in [0.15, 0.2) is 18.2 Å². The average Bonchev–Trinajstić information content (AvgIpc) is 2.73. The first-order valence-electron chi connectivity index (χ1n) is 6.32. The highest BCUT2D eigenvalue weighted by Crippen LogP contribution is 2.18. The molecule has 0 fully saturated rings. The van der Waals surface area contributed by atoms with Gasteiger partial charge in [0.25, 0.3) is 0 Å². The molecule has 5 heteroatoms. The molecule has 2 heterocycles. The zero-order chi connectivity index (χ0) is 13.1. The van der Waals surface area contributed by atoms with Gasteiger partial charge in [-0.25, -0.2) is 0 Å². The van der Waals surface area contributed by atoms with E-state index in [4.69, 9.17) is 0 Å². The van der Waals surface area contributed by atoms with Gasteiger partial charge >= 0.3 is 0 Å². The fourth-order valence-corrected chi connectivity index (χ4v) is 1.88. The summed E-state index contributed by atoms with van der Waals surface area (Å²) in [6.07, 6.45) is 0. The number of nitrogens with one attached hydrogen (secondary N) is 1. The number of anilines is 1. The van der Waals surface area contributed by atoms with Gasteiger partial charge in [-0.1, -0.05) is 19.9 Å². The quantitative estimate of drug-likeness (QED) is 0.875. The van der Waals surface area contributed by atoms with Gasteiger partial charge in [-0.3, -0.25) is 4.40 Å². The standard InChI is InChI=1S/C13H21N5/c1-10(2)13-16-15-12-7-5-6-11(18(12)13)14-8-9-17(3)4/h5-7,10,14H,8-9H2,1-4H3. The molecular formula is C13H21N5. The Bertz CT molecular complexity index is 515. The molecule has 2 rings (SSSR count). The van der Waals surface area contributed by atoms with Gasteiger partial charge in [0.1, 0.15) is 11.6 Å². The smallest absolute Gasteiger partial charge is 0.162 e. The van der Waals surface area contributed by atoms with E-state index in [-0.39, 0.29) is 0 Å². The van der Waals surface area contributed by atoms with E-state index in [2.05, 4.69) is 58.8 Å². The molecule has 5 nitrogen and oxygen atoms in total. The van der Waals surface area contributed by atoms with Crippen LogP contribution in [0.4, 0.5) is 5.82 Å². The molecule has 0 saturated carbocycles. The lowest BCUT2D eigenvalue weighted by Gasteiger charge is -2.14. The molecule has 0 spiro atoms. The van der Waals surface area contributed by atoms with Crippen LogP contribution in [0.2, 0.25) is 0 Å². The SMILES string of the molecule is CC(C)c1nnc2cccc(NCCN(C)C)n12. The Morgan fingerprint density at radius 2 is 2.06 bits per heavy atom. The van der Waals surface area contributed by atoms with Crippen molar-refractivity contribution in [1.29, 1.82) is 0 Å². The number of likely N-dealkylation sites (N-methyl/N-ethyl adjacent to an activating group) is 1. The Morgan fingerprint density at radius 3 is 2.72 bits per heavy atom. The lowest BCUT2D eigenvalue weighted by atomic mass is 10.2. The van der Waals surface area contributed by atoms with E-state index in [1.54, 1.807) is 0 Å². The van der Waals surface area contributed by atoms with E-state index >= 15 is 0 Å². The molecule has 0 bridgehead atoms. The maximum Gasteiger partial charge on any atom is 0.162 e. The minimum Gasteiger partial charge on any atom is -0.370 e. The zero-order valence-corrected chi connectivity index (χ0v) is 11.5. The van der Waals surface area contributed by atoms with Gasteiger partial charge < -0.3 is 10.2 Å². The van der Waals surface area contributed by atoms with Crippen molar-refractivity contribution in [3.63, 3.8) is 0 Å². The molecule has 1 N–H and O–H groups in total. The van der Waals surface area contributed by atoms with Gasteiger partial charge in [0.05, 0.1) is 0 Å². The Hall–Kier alpha value is -1.62. The fourth-order valence-electron chi connectivity index (χ4n) is 1.88. The van der Waals surface area contributed by atoms with Crippen LogP contribution >= 0.6 is 0 Å². The zero-order valence-electron chi connectivity index (χ0n) is 11.5. The summed E-state index contributed by atoms with van der Waals surface area (Å²) in [5.41, 5.74) is 0.897. The summed E-state index contributed by atoms with van der Waals surface area (Å²) in [7, 11) is 4.14. The number of hydrogen-bond donors (Lipinski definition) is 1. The average molecular weight is 247 g/mol. The largest absolute Gasteiger partial charge is 0.370 e. The van der Waals surface area contributed by atoms with Crippen molar-refractivity contribution in [3.8, 4) is 0 Å². The van der Waals surface area contributed by atoms with Crippen LogP contribution in [-0.2, 0) is 0 Å². The Balaban J connectivity index is 2.28. The lowest BCUT2D eigenvalue weighted by molar-refractivity contribution is 0.425. The normalized spacial score (nSPS) is 11.7. The van der Waals surface area contributed by atoms with Gasteiger partial charge in [-0.05, 0) is 26.2 Å². The number of rotatable bonds is 5. The molecular weight excluding hydrogens is 226 g/mol. The van der Waals surface area contributed by atoms with Crippen LogP contribution in [0, 0.1) is 0 Å². The summed E-state index contributed by atoms with van der Waals surface area (Å²) >= 11 is 0. The molecule has 0 aliphatic carbocycles. The third-order valence-electron chi connectivity index (χ3n) is 2.83. The highest BCUT2D eigenvalue weighted by atomic mass is 15.3. The molecule has 0 radical (unpaired) electrons. The third-order valence-corrected chi connectivity index (χ3v) is 2.83. The van der Waals surface area contributed by atoms with Crippen molar-refractivity contribution >= 4 is 11.5 Å². The van der Waals surface area contributed by atoms with Crippen LogP contribution in [0.25, 0.3) is 5.65 Å². The van der Waals surface area contributed by atoms with E-state index in [9.17, 15) is 0 Å². The first kappa shape index (κ1) is 12.8. The number of pyridine rings is 1. The Morgan fingerprint density at radius 1 is 1.28 bits per heavy atom. The van der Waals surface area contributed by atoms with E-state index in [1.807, 2.05) is 12.1 Å². The summed E-state index contributed by atoms with van der Waals surface area (Å²) in [5.74, 6) is 2.41. The maximum absolute atomic E-state index is 4.26. The summed E-state index contributed by atoms with van der Waals surface area (Å²) in [6.45, 7) is 6.16. The number of hydrogen-bond acceptors (Lipinski definition) is 4. The second-order valence-electron chi connectivity index (χ2n) is 5.05. The summed E-state index contributed by atoms with van der Waals surface area (Å²) in [4.78, 5) is 2.16. The maximum atomic E-state index is 4.26. The summed E-state index contributed by atoms with van der Waals surface area (Å²) in [6, 6.07) is 6.06. The van der Waals surface area contributed by atoms with Gasteiger partial charge in [0, 0.05) is 19.0 Å². The van der Waals surface area contributed by atoms with Crippen LogP contribution < -0.4 is 5.32 Å². The lowest BCUT2D eigenvalue weighted by Crippen LogP contribution is -2.21. The molecule has 0 aliphatic rings. The predicted octanol–water partition coefficient (Wildman–Crippen LogP) is 1.83. The van der Waals surface area contributed by atoms with Crippen LogP contribution in [0.5, 0.6) is 0 Å². The molecule has 0 atom stereocenters. The second-order valence-corrected chi connectivity index (χ2v) is 5.05. The molecule has 0 saturated heterocycles. The van der Waals surface area contributed by atoms with E-state index in [0.717, 1.165) is 30.4 Å². The van der Waals surface area contributed by atoms with Gasteiger partial charge in [0.2, 0.25) is 0 Å². The van der Waals surface area contributed by atoms with E-state index < -0.39 is 0 Å². The summed E-state index contributed by atoms with van der Waals surface area (Å²) in [5, 5.41) is 11.9. The first-order valence-corrected chi connectivity index (χ1v) is 6.32. The molecule has 18 heavy (non-hydrogen) atoms. The summed E-state index contributed by atoms with van der Waals surface area (Å²) < 4.78 is 2.10. The molecule has 0 aromatic carbocycles. The highest BCUT2D eigenvalue weighted by Gasteiger charge is 2.11. The fraction of sp³-hybridized carbons (Fsp3) is 0.538. The van der Waals surface area contributed by atoms with Crippen LogP contribution in [0.1, 0.15) is 25.6 Å². The van der Waals surface area contributed by atoms with Crippen LogP contribution in [0.3, 0.4) is 0 Å². The van der Waals surface area contributed by atoms with Crippen LogP contribution in [-0.4, -0.2) is 46.7 Å². The third kappa shape index (κ3) is 2.61. The first-order chi connectivity index (χ1) is 8.59. The molecule has 0 aliphatic heterocycles. The monoisotopic (exact) mass is 247 g/mol. The molecule has 2 aromatic heterocycles. The molecule has 0 unspecified atom stereocenters. The van der Waals surface area contributed by atoms with Gasteiger partial charge in [-0.2, -0.15) is 0 Å². The predicted molar refractivity (Wildman–Crippen MR) is 74.1 cm³/mol. The van der Waals surface area contributed by atoms with E-state index in [1.165, 1.54) is 0 Å². The number of aromatic nitrogens is 3. The van der Waals surface area contributed by atoms with Crippen molar-refractivity contribution < 1.29 is 0 Å². The molecule has 2 aromatic rings. The Labute approximate surface area is 108 Å². The second kappa shape index (κ2) is 5.35. The van der Waals surface area contributed by atoms with Crippen molar-refractivity contribution in [1.82, 2.24) is 19.5 Å². The van der Waals surface area contributed by atoms with Gasteiger partial charge in [0.15, 0.2) is 5.65 Å².